The summed E-state index contributed by atoms with van der Waals surface area (Å²) in [7, 11) is 1.58. The molecule has 0 unspecified atom stereocenters. The van der Waals surface area contributed by atoms with Crippen molar-refractivity contribution in [3.05, 3.63) is 23.7 Å². The number of carbonyl (C=O) groups is 2. The van der Waals surface area contributed by atoms with Gasteiger partial charge in [-0.2, -0.15) is 0 Å². The second kappa shape index (κ2) is 7.36. The van der Waals surface area contributed by atoms with Crippen LogP contribution in [0.1, 0.15) is 42.0 Å². The molecule has 2 aliphatic heterocycles. The summed E-state index contributed by atoms with van der Waals surface area (Å²) in [6.45, 7) is 1.63. The monoisotopic (exact) mass is 337 g/mol. The molecule has 1 aromatic rings. The fourth-order valence-corrected chi connectivity index (χ4v) is 3.53. The molecule has 0 spiro atoms. The number of nitrogens with zero attached hydrogens (tertiary/aromatic N) is 1. The van der Waals surface area contributed by atoms with Crippen LogP contribution in [0.15, 0.2) is 16.5 Å². The summed E-state index contributed by atoms with van der Waals surface area (Å²) in [5, 5.41) is 9.01. The molecule has 0 radical (unpaired) electrons. The lowest BCUT2D eigenvalue weighted by Gasteiger charge is -2.34. The minimum absolute atomic E-state index is 0.000250. The van der Waals surface area contributed by atoms with Gasteiger partial charge in [0, 0.05) is 20.2 Å². The fourth-order valence-electron chi connectivity index (χ4n) is 3.53. The normalized spacial score (nSPS) is 25.1. The smallest absolute Gasteiger partial charge is 0.332 e. The Balaban J connectivity index is 1.51. The fraction of sp³-hybridized carbons (Fsp3) is 0.647. The van der Waals surface area contributed by atoms with Gasteiger partial charge >= 0.3 is 5.97 Å². The van der Waals surface area contributed by atoms with Crippen molar-refractivity contribution < 1.29 is 28.6 Å². The number of rotatable bonds is 5. The molecule has 2 aliphatic rings. The summed E-state index contributed by atoms with van der Waals surface area (Å²) in [6.07, 6.45) is 2.35. The maximum atomic E-state index is 12.5. The van der Waals surface area contributed by atoms with Crippen molar-refractivity contribution in [1.82, 2.24) is 4.90 Å². The molecule has 0 aromatic carbocycles. The van der Waals surface area contributed by atoms with E-state index in [2.05, 4.69) is 0 Å². The molecule has 2 atom stereocenters. The first-order chi connectivity index (χ1) is 11.6. The van der Waals surface area contributed by atoms with Crippen molar-refractivity contribution in [3.8, 4) is 0 Å². The topological polar surface area (TPSA) is 89.2 Å². The molecule has 7 nitrogen and oxygen atoms in total. The number of furan rings is 1. The Kier molecular flexibility index (Phi) is 5.20. The van der Waals surface area contributed by atoms with Gasteiger partial charge in [0.25, 0.3) is 5.91 Å². The summed E-state index contributed by atoms with van der Waals surface area (Å²) in [6, 6.07) is 3.43. The van der Waals surface area contributed by atoms with Crippen molar-refractivity contribution in [2.75, 3.05) is 20.2 Å². The summed E-state index contributed by atoms with van der Waals surface area (Å²) in [5.74, 6) is 0.304. The van der Waals surface area contributed by atoms with Crippen molar-refractivity contribution >= 4 is 11.9 Å². The Morgan fingerprint density at radius 2 is 2.00 bits per heavy atom. The number of aliphatic carboxylic acids is 1. The molecule has 0 saturated carbocycles. The number of piperidine rings is 1. The molecule has 2 saturated heterocycles. The molecule has 3 rings (SSSR count). The maximum Gasteiger partial charge on any atom is 0.332 e. The number of amides is 1. The largest absolute Gasteiger partial charge is 0.479 e. The number of carboxylic acids is 1. The molecule has 0 bridgehead atoms. The quantitative estimate of drug-likeness (QED) is 0.883. The van der Waals surface area contributed by atoms with Gasteiger partial charge in [-0.3, -0.25) is 4.79 Å². The second-order valence-corrected chi connectivity index (χ2v) is 6.41. The molecule has 0 aliphatic carbocycles. The van der Waals surface area contributed by atoms with Crippen molar-refractivity contribution in [1.29, 1.82) is 0 Å². The Hall–Kier alpha value is -1.86. The van der Waals surface area contributed by atoms with Crippen molar-refractivity contribution in [3.63, 3.8) is 0 Å². The van der Waals surface area contributed by atoms with Gasteiger partial charge in [-0.25, -0.2) is 4.79 Å². The molecule has 1 N–H and O–H groups in total. The van der Waals surface area contributed by atoms with Gasteiger partial charge in [-0.05, 0) is 43.7 Å². The summed E-state index contributed by atoms with van der Waals surface area (Å²) < 4.78 is 16.1. The van der Waals surface area contributed by atoms with E-state index in [-0.39, 0.29) is 12.0 Å². The molecular weight excluding hydrogens is 314 g/mol. The minimum Gasteiger partial charge on any atom is -0.479 e. The number of methoxy groups -OCH3 is 1. The standard InChI is InChI=1S/C17H23NO6/c1-22-10-12-2-3-14(23-12)16(19)18-8-6-11(7-9-18)13-4-5-15(24-13)17(20)21/h2-3,11,13,15H,4-10H2,1H3,(H,20,21)/t13-,15+/m0/s1. The third kappa shape index (κ3) is 3.62. The lowest BCUT2D eigenvalue weighted by Crippen LogP contribution is -2.41. The first kappa shape index (κ1) is 17.0. The van der Waals surface area contributed by atoms with Crippen LogP contribution in [0.4, 0.5) is 0 Å². The number of likely N-dealkylation sites (tertiary alicyclic amines) is 1. The first-order valence-electron chi connectivity index (χ1n) is 8.33. The third-order valence-corrected chi connectivity index (χ3v) is 4.84. The molecule has 3 heterocycles. The molecule has 24 heavy (non-hydrogen) atoms. The zero-order valence-electron chi connectivity index (χ0n) is 13.8. The van der Waals surface area contributed by atoms with E-state index in [9.17, 15) is 9.59 Å². The zero-order chi connectivity index (χ0) is 17.1. The van der Waals surface area contributed by atoms with E-state index in [1.807, 2.05) is 0 Å². The van der Waals surface area contributed by atoms with E-state index in [0.29, 0.717) is 43.6 Å². The number of hydrogen-bond acceptors (Lipinski definition) is 5. The zero-order valence-corrected chi connectivity index (χ0v) is 13.8. The predicted octanol–water partition coefficient (Wildman–Crippen LogP) is 1.91. The highest BCUT2D eigenvalue weighted by atomic mass is 16.5. The predicted molar refractivity (Wildman–Crippen MR) is 83.6 cm³/mol. The molecule has 132 valence electrons. The number of carbonyl (C=O) groups excluding carboxylic acids is 1. The van der Waals surface area contributed by atoms with Crippen molar-refractivity contribution in [2.45, 2.75) is 44.5 Å². The van der Waals surface area contributed by atoms with Crippen LogP contribution in [0.2, 0.25) is 0 Å². The van der Waals surface area contributed by atoms with Gasteiger partial charge in [-0.1, -0.05) is 0 Å². The van der Waals surface area contributed by atoms with Gasteiger partial charge in [0.2, 0.25) is 0 Å². The van der Waals surface area contributed by atoms with Crippen molar-refractivity contribution in [2.24, 2.45) is 5.92 Å². The van der Waals surface area contributed by atoms with E-state index in [1.54, 1.807) is 24.1 Å². The van der Waals surface area contributed by atoms with Crippen LogP contribution in [0, 0.1) is 5.92 Å². The maximum absolute atomic E-state index is 12.5. The first-order valence-corrected chi connectivity index (χ1v) is 8.33. The van der Waals surface area contributed by atoms with Crippen LogP contribution in [0.3, 0.4) is 0 Å². The van der Waals surface area contributed by atoms with Gasteiger partial charge in [-0.15, -0.1) is 0 Å². The lowest BCUT2D eigenvalue weighted by molar-refractivity contribution is -0.150. The van der Waals surface area contributed by atoms with Gasteiger partial charge in [0.05, 0.1) is 6.10 Å². The summed E-state index contributed by atoms with van der Waals surface area (Å²) in [4.78, 5) is 25.2. The number of ether oxygens (including phenoxy) is 2. The molecule has 2 fully saturated rings. The van der Waals surface area contributed by atoms with E-state index in [1.165, 1.54) is 0 Å². The van der Waals surface area contributed by atoms with E-state index in [4.69, 9.17) is 19.0 Å². The Labute approximate surface area is 140 Å². The second-order valence-electron chi connectivity index (χ2n) is 6.41. The van der Waals surface area contributed by atoms with Crippen LogP contribution in [-0.2, 0) is 20.9 Å². The van der Waals surface area contributed by atoms with Gasteiger partial charge in [0.15, 0.2) is 11.9 Å². The van der Waals surface area contributed by atoms with Crippen LogP contribution in [0.25, 0.3) is 0 Å². The average molecular weight is 337 g/mol. The molecule has 7 heteroatoms. The number of hydrogen-bond donors (Lipinski definition) is 1. The Morgan fingerprint density at radius 1 is 1.25 bits per heavy atom. The highest BCUT2D eigenvalue weighted by Gasteiger charge is 2.37. The highest BCUT2D eigenvalue weighted by Crippen LogP contribution is 2.32. The summed E-state index contributed by atoms with van der Waals surface area (Å²) >= 11 is 0. The van der Waals surface area contributed by atoms with E-state index in [0.717, 1.165) is 19.3 Å². The highest BCUT2D eigenvalue weighted by molar-refractivity contribution is 5.91. The third-order valence-electron chi connectivity index (χ3n) is 4.84. The van der Waals surface area contributed by atoms with Crippen LogP contribution in [-0.4, -0.2) is 54.3 Å². The van der Waals surface area contributed by atoms with Gasteiger partial charge < -0.3 is 23.9 Å². The lowest BCUT2D eigenvalue weighted by atomic mass is 9.89. The Morgan fingerprint density at radius 3 is 2.62 bits per heavy atom. The van der Waals surface area contributed by atoms with E-state index < -0.39 is 12.1 Å². The van der Waals surface area contributed by atoms with Gasteiger partial charge in [0.1, 0.15) is 12.4 Å². The average Bonchev–Trinajstić information content (AvgIpc) is 3.24. The summed E-state index contributed by atoms with van der Waals surface area (Å²) in [5.41, 5.74) is 0. The van der Waals surface area contributed by atoms with E-state index >= 15 is 0 Å². The Bertz CT molecular complexity index is 590. The SMILES string of the molecule is COCc1ccc(C(=O)N2CCC([C@@H]3CC[C@H](C(=O)O)O3)CC2)o1. The van der Waals surface area contributed by atoms with Crippen LogP contribution in [0.5, 0.6) is 0 Å². The van der Waals surface area contributed by atoms with Crippen LogP contribution >= 0.6 is 0 Å². The molecule has 1 aromatic heterocycles. The molecular formula is C17H23NO6. The number of carboxylic acid groups (broad SMARTS) is 1. The minimum atomic E-state index is -0.880. The molecule has 1 amide bonds. The van der Waals surface area contributed by atoms with Crippen LogP contribution < -0.4 is 0 Å².